The quantitative estimate of drug-likeness (QED) is 0.269. The zero-order valence-electron chi connectivity index (χ0n) is 11.8. The van der Waals surface area contributed by atoms with Crippen molar-refractivity contribution in [2.24, 2.45) is 5.10 Å². The maximum atomic E-state index is 11.7. The molecule has 0 aliphatic rings. The minimum Gasteiger partial charge on any atom is -0.856 e. The van der Waals surface area contributed by atoms with Gasteiger partial charge in [-0.2, -0.15) is 5.10 Å². The van der Waals surface area contributed by atoms with E-state index in [-0.39, 0.29) is 40.9 Å². The first-order valence-corrected chi connectivity index (χ1v) is 5.66. The number of hydrogen-bond donors (Lipinski definition) is 1. The maximum Gasteiger partial charge on any atom is 1.00 e. The number of aromatic nitrogens is 3. The summed E-state index contributed by atoms with van der Waals surface area (Å²) < 4.78 is 0. The van der Waals surface area contributed by atoms with Gasteiger partial charge in [-0.15, -0.1) is 9.89 Å². The second-order valence-corrected chi connectivity index (χ2v) is 3.80. The molecule has 0 aliphatic heterocycles. The van der Waals surface area contributed by atoms with Gasteiger partial charge in [0.05, 0.1) is 11.1 Å². The SMILES string of the molecule is CNC(=O)c1nnn(N=Cc2ccc([N+](=O)[O-])cc2)c1[O-].[Na+]. The summed E-state index contributed by atoms with van der Waals surface area (Å²) in [6.07, 6.45) is 1.27. The minimum absolute atomic E-state index is 0. The van der Waals surface area contributed by atoms with Crippen molar-refractivity contribution in [3.63, 3.8) is 0 Å². The first-order valence-electron chi connectivity index (χ1n) is 5.66. The van der Waals surface area contributed by atoms with Crippen molar-refractivity contribution in [2.75, 3.05) is 7.05 Å². The Morgan fingerprint density at radius 1 is 1.41 bits per heavy atom. The summed E-state index contributed by atoms with van der Waals surface area (Å²) in [5.74, 6) is -1.41. The Morgan fingerprint density at radius 2 is 2.05 bits per heavy atom. The average Bonchev–Trinajstić information content (AvgIpc) is 2.86. The second-order valence-electron chi connectivity index (χ2n) is 3.80. The average molecular weight is 312 g/mol. The number of nitrogens with zero attached hydrogens (tertiary/aromatic N) is 5. The summed E-state index contributed by atoms with van der Waals surface area (Å²) in [5, 5.41) is 35.1. The first-order chi connectivity index (χ1) is 10.0. The molecule has 1 heterocycles. The largest absolute Gasteiger partial charge is 1.00 e. The molecule has 0 unspecified atom stereocenters. The van der Waals surface area contributed by atoms with E-state index in [9.17, 15) is 20.0 Å². The molecule has 1 aromatic carbocycles. The van der Waals surface area contributed by atoms with E-state index in [1.807, 2.05) is 0 Å². The Bertz CT molecular complexity index is 712. The van der Waals surface area contributed by atoms with Gasteiger partial charge in [0.15, 0.2) is 5.69 Å². The van der Waals surface area contributed by atoms with Gasteiger partial charge in [0.2, 0.25) is 0 Å². The molecule has 1 aromatic heterocycles. The number of hydrogen-bond acceptors (Lipinski definition) is 7. The standard InChI is InChI=1S/C11H10N6O4.Na/c1-12-10(18)9-11(19)16(15-14-9)13-6-7-2-4-8(5-3-7)17(20)21;/h2-6,19H,1H3,(H,12,18);/q;+1/p-1. The van der Waals surface area contributed by atoms with Crippen molar-refractivity contribution in [1.29, 1.82) is 0 Å². The molecule has 0 atom stereocenters. The summed E-state index contributed by atoms with van der Waals surface area (Å²) in [6, 6.07) is 5.53. The Labute approximate surface area is 146 Å². The molecule has 11 heteroatoms. The Balaban J connectivity index is 0.00000242. The van der Waals surface area contributed by atoms with Crippen LogP contribution in [0.1, 0.15) is 16.1 Å². The van der Waals surface area contributed by atoms with Gasteiger partial charge in [-0.1, -0.05) is 0 Å². The van der Waals surface area contributed by atoms with Crippen LogP contribution in [0.4, 0.5) is 5.69 Å². The van der Waals surface area contributed by atoms with Gasteiger partial charge < -0.3 is 10.4 Å². The molecule has 1 amide bonds. The molecule has 0 bridgehead atoms. The van der Waals surface area contributed by atoms with E-state index in [0.29, 0.717) is 10.4 Å². The summed E-state index contributed by atoms with van der Waals surface area (Å²) >= 11 is 0. The number of amides is 1. The van der Waals surface area contributed by atoms with Gasteiger partial charge in [0.1, 0.15) is 0 Å². The van der Waals surface area contributed by atoms with Gasteiger partial charge in [-0.25, -0.2) is 0 Å². The van der Waals surface area contributed by atoms with E-state index in [1.165, 1.54) is 37.5 Å². The second kappa shape index (κ2) is 7.64. The minimum atomic E-state index is -0.757. The predicted octanol–water partition coefficient (Wildman–Crippen LogP) is -3.49. The fraction of sp³-hybridized carbons (Fsp3) is 0.0909. The number of rotatable bonds is 4. The van der Waals surface area contributed by atoms with Crippen LogP contribution in [0.3, 0.4) is 0 Å². The van der Waals surface area contributed by atoms with Crippen molar-refractivity contribution in [2.45, 2.75) is 0 Å². The van der Waals surface area contributed by atoms with Gasteiger partial charge >= 0.3 is 29.6 Å². The Kier molecular flexibility index (Phi) is 6.16. The third kappa shape index (κ3) is 3.87. The van der Waals surface area contributed by atoms with E-state index < -0.39 is 16.7 Å². The molecular weight excluding hydrogens is 303 g/mol. The van der Waals surface area contributed by atoms with Crippen LogP contribution in [0.2, 0.25) is 0 Å². The summed E-state index contributed by atoms with van der Waals surface area (Å²) in [7, 11) is 1.36. The summed E-state index contributed by atoms with van der Waals surface area (Å²) in [6.45, 7) is 0. The first kappa shape index (κ1) is 17.8. The smallest absolute Gasteiger partial charge is 0.856 e. The molecule has 0 saturated heterocycles. The van der Waals surface area contributed by atoms with Gasteiger partial charge in [0.25, 0.3) is 11.6 Å². The van der Waals surface area contributed by atoms with Gasteiger partial charge in [-0.05, 0) is 22.9 Å². The van der Waals surface area contributed by atoms with Crippen LogP contribution >= 0.6 is 0 Å². The predicted molar refractivity (Wildman–Crippen MR) is 68.9 cm³/mol. The molecule has 108 valence electrons. The van der Waals surface area contributed by atoms with E-state index in [4.69, 9.17) is 0 Å². The number of nitro groups is 1. The third-order valence-electron chi connectivity index (χ3n) is 2.48. The fourth-order valence-electron chi connectivity index (χ4n) is 1.41. The van der Waals surface area contributed by atoms with Crippen LogP contribution in [0, 0.1) is 10.1 Å². The number of non-ortho nitro benzene ring substituents is 1. The molecule has 22 heavy (non-hydrogen) atoms. The molecule has 1 N–H and O–H groups in total. The van der Waals surface area contributed by atoms with Crippen molar-refractivity contribution in [1.82, 2.24) is 20.4 Å². The molecule has 0 aliphatic carbocycles. The number of carbonyl (C=O) groups excluding carboxylic acids is 1. The Morgan fingerprint density at radius 3 is 2.59 bits per heavy atom. The molecule has 0 spiro atoms. The molecule has 0 fully saturated rings. The van der Waals surface area contributed by atoms with Crippen LogP contribution in [0.15, 0.2) is 29.4 Å². The van der Waals surface area contributed by atoms with Crippen LogP contribution in [0.5, 0.6) is 5.88 Å². The zero-order chi connectivity index (χ0) is 15.4. The summed E-state index contributed by atoms with van der Waals surface area (Å²) in [5.41, 5.74) is 0.106. The van der Waals surface area contributed by atoms with E-state index in [0.717, 1.165) is 0 Å². The van der Waals surface area contributed by atoms with E-state index >= 15 is 0 Å². The number of nitro benzene ring substituents is 1. The van der Waals surface area contributed by atoms with E-state index in [2.05, 4.69) is 20.7 Å². The van der Waals surface area contributed by atoms with E-state index in [1.54, 1.807) is 0 Å². The van der Waals surface area contributed by atoms with Crippen molar-refractivity contribution >= 4 is 17.8 Å². The van der Waals surface area contributed by atoms with Gasteiger partial charge in [-0.3, -0.25) is 14.9 Å². The van der Waals surface area contributed by atoms with Crippen LogP contribution in [-0.4, -0.2) is 39.2 Å². The molecule has 2 aromatic rings. The van der Waals surface area contributed by atoms with Crippen LogP contribution in [0.25, 0.3) is 0 Å². The zero-order valence-corrected chi connectivity index (χ0v) is 13.8. The molecular formula is C11H9N6NaO4. The van der Waals surface area contributed by atoms with Crippen molar-refractivity contribution < 1.29 is 44.4 Å². The maximum absolute atomic E-state index is 11.7. The third-order valence-corrected chi connectivity index (χ3v) is 2.48. The van der Waals surface area contributed by atoms with Crippen molar-refractivity contribution in [3.8, 4) is 5.88 Å². The molecule has 0 saturated carbocycles. The number of carbonyl (C=O) groups is 1. The molecule has 0 radical (unpaired) electrons. The van der Waals surface area contributed by atoms with Crippen LogP contribution < -0.4 is 40.0 Å². The number of nitrogens with one attached hydrogen (secondary N) is 1. The number of benzene rings is 1. The monoisotopic (exact) mass is 312 g/mol. The van der Waals surface area contributed by atoms with Crippen LogP contribution in [-0.2, 0) is 0 Å². The fourth-order valence-corrected chi connectivity index (χ4v) is 1.41. The normalized spacial score (nSPS) is 10.2. The molecule has 10 nitrogen and oxygen atoms in total. The topological polar surface area (TPSA) is 138 Å². The Hall–Kier alpha value is -2.30. The summed E-state index contributed by atoms with van der Waals surface area (Å²) in [4.78, 5) is 21.9. The van der Waals surface area contributed by atoms with Crippen molar-refractivity contribution in [3.05, 3.63) is 45.6 Å². The van der Waals surface area contributed by atoms with Gasteiger partial charge in [0, 0.05) is 25.1 Å². The molecule has 2 rings (SSSR count).